The molecule has 30 heavy (non-hydrogen) atoms. The van der Waals surface area contributed by atoms with Crippen molar-refractivity contribution in [3.8, 4) is 11.4 Å². The number of rotatable bonds is 5. The molecule has 2 aromatic carbocycles. The summed E-state index contributed by atoms with van der Waals surface area (Å²) in [6, 6.07) is 14.7. The summed E-state index contributed by atoms with van der Waals surface area (Å²) in [5.41, 5.74) is 0.880. The highest BCUT2D eigenvalue weighted by molar-refractivity contribution is 7.99. The van der Waals surface area contributed by atoms with Crippen LogP contribution in [-0.2, 0) is 6.54 Å². The number of pyridine rings is 1. The topological polar surface area (TPSA) is 43.6 Å². The maximum Gasteiger partial charge on any atom is 0.252 e. The number of hydrogen-bond acceptors (Lipinski definition) is 4. The Morgan fingerprint density at radius 3 is 2.07 bits per heavy atom. The Hall–Kier alpha value is -3.27. The normalized spacial score (nSPS) is 11.1. The summed E-state index contributed by atoms with van der Waals surface area (Å²) in [6.07, 6.45) is 0. The molecule has 0 spiro atoms. The van der Waals surface area contributed by atoms with Crippen LogP contribution in [0.3, 0.4) is 0 Å². The maximum absolute atomic E-state index is 14.3. The second-order valence-corrected chi connectivity index (χ2v) is 7.09. The monoisotopic (exact) mass is 434 g/mol. The molecule has 0 N–H and O–H groups in total. The van der Waals surface area contributed by atoms with Gasteiger partial charge in [-0.15, -0.1) is 10.2 Å². The van der Waals surface area contributed by atoms with Crippen LogP contribution in [0.5, 0.6) is 0 Å². The Morgan fingerprint density at radius 1 is 0.767 bits per heavy atom. The van der Waals surface area contributed by atoms with Gasteiger partial charge in [0.05, 0.1) is 17.0 Å². The largest absolute Gasteiger partial charge is 0.297 e. The van der Waals surface area contributed by atoms with Crippen LogP contribution in [-0.4, -0.2) is 19.7 Å². The van der Waals surface area contributed by atoms with Crippen molar-refractivity contribution >= 4 is 11.8 Å². The summed E-state index contributed by atoms with van der Waals surface area (Å²) < 4.78 is 70.9. The smallest absolute Gasteiger partial charge is 0.252 e. The summed E-state index contributed by atoms with van der Waals surface area (Å²) in [7, 11) is 0. The van der Waals surface area contributed by atoms with Gasteiger partial charge in [0.1, 0.15) is 5.82 Å². The third kappa shape index (κ3) is 3.78. The van der Waals surface area contributed by atoms with E-state index in [1.54, 1.807) is 36.4 Å². The number of halogens is 5. The van der Waals surface area contributed by atoms with E-state index >= 15 is 0 Å². The Bertz CT molecular complexity index is 1190. The second kappa shape index (κ2) is 8.23. The van der Waals surface area contributed by atoms with Crippen molar-refractivity contribution in [2.24, 2.45) is 0 Å². The average Bonchev–Trinajstić information content (AvgIpc) is 3.13. The van der Waals surface area contributed by atoms with Crippen LogP contribution in [0.15, 0.2) is 64.6 Å². The summed E-state index contributed by atoms with van der Waals surface area (Å²) in [5.74, 6) is -7.34. The molecule has 0 fully saturated rings. The van der Waals surface area contributed by atoms with Gasteiger partial charge >= 0.3 is 0 Å². The van der Waals surface area contributed by atoms with Crippen molar-refractivity contribution < 1.29 is 22.0 Å². The number of nitrogens with zero attached hydrogens (tertiary/aromatic N) is 4. The van der Waals surface area contributed by atoms with Crippen molar-refractivity contribution in [2.75, 3.05) is 0 Å². The highest BCUT2D eigenvalue weighted by atomic mass is 32.2. The zero-order chi connectivity index (χ0) is 21.3. The van der Waals surface area contributed by atoms with Crippen molar-refractivity contribution in [1.82, 2.24) is 19.7 Å². The molecule has 2 heterocycles. The van der Waals surface area contributed by atoms with Gasteiger partial charge in [0, 0.05) is 0 Å². The molecule has 4 rings (SSSR count). The van der Waals surface area contributed by atoms with E-state index in [4.69, 9.17) is 0 Å². The third-order valence-electron chi connectivity index (χ3n) is 4.17. The Balaban J connectivity index is 1.84. The molecule has 0 amide bonds. The fourth-order valence-corrected chi connectivity index (χ4v) is 3.64. The minimum Gasteiger partial charge on any atom is -0.297 e. The second-order valence-electron chi connectivity index (χ2n) is 6.11. The molecule has 0 saturated carbocycles. The lowest BCUT2D eigenvalue weighted by atomic mass is 10.2. The minimum absolute atomic E-state index is 0.0834. The molecule has 4 aromatic rings. The lowest BCUT2D eigenvalue weighted by Gasteiger charge is -2.11. The molecule has 0 aliphatic heterocycles. The minimum atomic E-state index is -1.78. The quantitative estimate of drug-likeness (QED) is 0.319. The van der Waals surface area contributed by atoms with E-state index in [-0.39, 0.29) is 23.1 Å². The highest BCUT2D eigenvalue weighted by Gasteiger charge is 2.25. The van der Waals surface area contributed by atoms with Crippen LogP contribution in [0.1, 0.15) is 5.56 Å². The third-order valence-corrected chi connectivity index (χ3v) is 5.21. The summed E-state index contributed by atoms with van der Waals surface area (Å²) in [4.78, 5) is 1.58. The molecule has 2 aromatic heterocycles. The van der Waals surface area contributed by atoms with Crippen LogP contribution in [0.4, 0.5) is 22.0 Å². The molecule has 10 heteroatoms. The molecule has 0 radical (unpaired) electrons. The van der Waals surface area contributed by atoms with Crippen molar-refractivity contribution in [3.05, 3.63) is 89.5 Å². The predicted octanol–water partition coefficient (Wildman–Crippen LogP) is 5.24. The standard InChI is InChI=1S/C20H11F5N4S/c21-13-9-5-4-8-12(13)19-27-28-20(29(19)10-11-6-2-1-3-7-11)30-16-14(22)17(24)26-18(25)15(16)23/h1-9H,10H2. The molecule has 0 atom stereocenters. The fraction of sp³-hybridized carbons (Fsp3) is 0.0500. The van der Waals surface area contributed by atoms with Gasteiger partial charge in [-0.05, 0) is 29.5 Å². The molecule has 0 aliphatic carbocycles. The van der Waals surface area contributed by atoms with Crippen LogP contribution in [0, 0.1) is 29.3 Å². The Labute approximate surface area is 171 Å². The van der Waals surface area contributed by atoms with Gasteiger partial charge in [0.25, 0.3) is 11.9 Å². The van der Waals surface area contributed by atoms with Gasteiger partial charge in [-0.1, -0.05) is 42.5 Å². The molecule has 0 bridgehead atoms. The zero-order valence-electron chi connectivity index (χ0n) is 15.0. The Morgan fingerprint density at radius 2 is 1.40 bits per heavy atom. The molecule has 152 valence electrons. The van der Waals surface area contributed by atoms with Gasteiger partial charge in [-0.25, -0.2) is 13.2 Å². The molecule has 0 saturated heterocycles. The van der Waals surface area contributed by atoms with Crippen LogP contribution in [0.2, 0.25) is 0 Å². The van der Waals surface area contributed by atoms with Crippen molar-refractivity contribution in [2.45, 2.75) is 16.6 Å². The predicted molar refractivity (Wildman–Crippen MR) is 99.2 cm³/mol. The van der Waals surface area contributed by atoms with Crippen LogP contribution >= 0.6 is 11.8 Å². The molecule has 0 aliphatic rings. The van der Waals surface area contributed by atoms with Crippen LogP contribution in [0.25, 0.3) is 11.4 Å². The number of hydrogen-bond donors (Lipinski definition) is 0. The fourth-order valence-electron chi connectivity index (χ4n) is 2.76. The van der Waals surface area contributed by atoms with E-state index in [9.17, 15) is 22.0 Å². The van der Waals surface area contributed by atoms with E-state index in [1.807, 2.05) is 0 Å². The molecular formula is C20H11F5N4S. The highest BCUT2D eigenvalue weighted by Crippen LogP contribution is 2.35. The maximum atomic E-state index is 14.3. The lowest BCUT2D eigenvalue weighted by molar-refractivity contribution is 0.383. The van der Waals surface area contributed by atoms with E-state index < -0.39 is 34.2 Å². The summed E-state index contributed by atoms with van der Waals surface area (Å²) in [5, 5.41) is 7.74. The first-order chi connectivity index (χ1) is 14.5. The first-order valence-electron chi connectivity index (χ1n) is 8.55. The first kappa shape index (κ1) is 20.0. The van der Waals surface area contributed by atoms with Gasteiger partial charge < -0.3 is 0 Å². The van der Waals surface area contributed by atoms with Gasteiger partial charge in [-0.2, -0.15) is 13.8 Å². The van der Waals surface area contributed by atoms with E-state index in [2.05, 4.69) is 15.2 Å². The number of benzene rings is 2. The molecular weight excluding hydrogens is 423 g/mol. The van der Waals surface area contributed by atoms with E-state index in [1.165, 1.54) is 22.8 Å². The number of aromatic nitrogens is 4. The van der Waals surface area contributed by atoms with E-state index in [0.29, 0.717) is 11.8 Å². The van der Waals surface area contributed by atoms with Gasteiger partial charge in [0.2, 0.25) is 0 Å². The van der Waals surface area contributed by atoms with E-state index in [0.717, 1.165) is 5.56 Å². The van der Waals surface area contributed by atoms with Crippen LogP contribution < -0.4 is 0 Å². The molecule has 4 nitrogen and oxygen atoms in total. The Kier molecular flexibility index (Phi) is 5.49. The van der Waals surface area contributed by atoms with Crippen molar-refractivity contribution in [3.63, 3.8) is 0 Å². The summed E-state index contributed by atoms with van der Waals surface area (Å²) in [6.45, 7) is 0.124. The molecule has 0 unspecified atom stereocenters. The SMILES string of the molecule is Fc1ccccc1-c1nnc(Sc2c(F)c(F)nc(F)c2F)n1Cc1ccccc1. The summed E-state index contributed by atoms with van der Waals surface area (Å²) >= 11 is 0.333. The van der Waals surface area contributed by atoms with Crippen molar-refractivity contribution in [1.29, 1.82) is 0 Å². The van der Waals surface area contributed by atoms with Gasteiger partial charge in [0.15, 0.2) is 22.6 Å². The first-order valence-corrected chi connectivity index (χ1v) is 9.37. The average molecular weight is 434 g/mol. The van der Waals surface area contributed by atoms with Gasteiger partial charge in [-0.3, -0.25) is 4.57 Å². The zero-order valence-corrected chi connectivity index (χ0v) is 15.8. The lowest BCUT2D eigenvalue weighted by Crippen LogP contribution is -2.06.